The topological polar surface area (TPSA) is 95.9 Å². The highest BCUT2D eigenvalue weighted by Crippen LogP contribution is 2.51. The molecule has 7 nitrogen and oxygen atoms in total. The molecule has 0 radical (unpaired) electrons. The summed E-state index contributed by atoms with van der Waals surface area (Å²) in [5.74, 6) is -3.81. The number of amides is 1. The molecule has 1 atom stereocenters. The van der Waals surface area contributed by atoms with Crippen molar-refractivity contribution in [1.82, 2.24) is 0 Å². The number of para-hydroxylation sites is 1. The molecule has 0 fully saturated rings. The van der Waals surface area contributed by atoms with Gasteiger partial charge in [0, 0.05) is 23.4 Å². The Morgan fingerprint density at radius 2 is 1.74 bits per heavy atom. The summed E-state index contributed by atoms with van der Waals surface area (Å²) in [6.45, 7) is 3.72. The van der Waals surface area contributed by atoms with Gasteiger partial charge in [0.15, 0.2) is 9.84 Å². The highest BCUT2D eigenvalue weighted by atomic mass is 32.2. The number of aromatic hydroxyl groups is 1. The molecule has 238 valence electrons. The molecule has 0 spiro atoms. The molecule has 0 saturated carbocycles. The number of halogens is 3. The monoisotopic (exact) mass is 648 g/mol. The number of rotatable bonds is 6. The van der Waals surface area contributed by atoms with Crippen molar-refractivity contribution in [2.75, 3.05) is 16.0 Å². The van der Waals surface area contributed by atoms with Crippen LogP contribution in [-0.2, 0) is 27.7 Å². The maximum atomic E-state index is 16.3. The second-order valence-corrected chi connectivity index (χ2v) is 14.2. The predicted molar refractivity (Wildman–Crippen MR) is 168 cm³/mol. The number of benzene rings is 4. The Labute approximate surface area is 264 Å². The third-order valence-corrected chi connectivity index (χ3v) is 10.4. The number of nitrogens with zero attached hydrogens (tertiary/aromatic N) is 1. The first-order valence-corrected chi connectivity index (χ1v) is 16.3. The van der Waals surface area contributed by atoms with Crippen molar-refractivity contribution in [3.8, 4) is 11.5 Å². The maximum Gasteiger partial charge on any atom is 0.232 e. The average molecular weight is 649 g/mol. The van der Waals surface area contributed by atoms with Gasteiger partial charge in [-0.3, -0.25) is 9.69 Å². The summed E-state index contributed by atoms with van der Waals surface area (Å²) < 4.78 is 78.8. The lowest BCUT2D eigenvalue weighted by molar-refractivity contribution is -0.118. The van der Waals surface area contributed by atoms with Gasteiger partial charge in [-0.2, -0.15) is 0 Å². The molecule has 2 heterocycles. The van der Waals surface area contributed by atoms with Gasteiger partial charge in [0.25, 0.3) is 0 Å². The van der Waals surface area contributed by atoms with Crippen molar-refractivity contribution in [1.29, 1.82) is 0 Å². The number of hydrogen-bond donors (Lipinski definition) is 2. The van der Waals surface area contributed by atoms with Crippen LogP contribution in [0.15, 0.2) is 95.5 Å². The van der Waals surface area contributed by atoms with Crippen molar-refractivity contribution in [3.05, 3.63) is 130 Å². The first-order valence-electron chi connectivity index (χ1n) is 14.6. The molecule has 2 N–H and O–H groups in total. The number of sulfone groups is 1. The van der Waals surface area contributed by atoms with E-state index in [4.69, 9.17) is 4.74 Å². The van der Waals surface area contributed by atoms with E-state index in [2.05, 4.69) is 5.32 Å². The number of allylic oxidation sites excluding steroid dienone is 1. The van der Waals surface area contributed by atoms with Crippen LogP contribution in [0.5, 0.6) is 11.5 Å². The zero-order valence-corrected chi connectivity index (χ0v) is 25.9. The SMILES string of the molecule is CC1(C)CC2=C(C(c3ccc(OCc4ccccc4)cc3F)N(C(=O)Cc3ccc(F)cc3F)c3cccc(O)c3N2)S(=O)(=O)C1. The highest BCUT2D eigenvalue weighted by molar-refractivity contribution is 7.95. The van der Waals surface area contributed by atoms with Crippen molar-refractivity contribution < 1.29 is 36.2 Å². The van der Waals surface area contributed by atoms with Gasteiger partial charge < -0.3 is 15.2 Å². The van der Waals surface area contributed by atoms with Crippen LogP contribution in [0, 0.1) is 22.9 Å². The van der Waals surface area contributed by atoms with Gasteiger partial charge in [-0.25, -0.2) is 21.6 Å². The molecule has 4 aromatic rings. The molecule has 11 heteroatoms. The first kappa shape index (κ1) is 31.2. The number of phenolic OH excluding ortho intramolecular Hbond substituents is 1. The highest BCUT2D eigenvalue weighted by Gasteiger charge is 2.47. The van der Waals surface area contributed by atoms with E-state index in [0.717, 1.165) is 28.7 Å². The van der Waals surface area contributed by atoms with Crippen molar-refractivity contribution in [2.45, 2.75) is 39.3 Å². The van der Waals surface area contributed by atoms with Gasteiger partial charge in [0.05, 0.1) is 22.8 Å². The smallest absolute Gasteiger partial charge is 0.232 e. The van der Waals surface area contributed by atoms with E-state index in [1.54, 1.807) is 13.8 Å². The van der Waals surface area contributed by atoms with Crippen LogP contribution < -0.4 is 15.0 Å². The van der Waals surface area contributed by atoms with Gasteiger partial charge in [0.2, 0.25) is 5.91 Å². The average Bonchev–Trinajstić information content (AvgIpc) is 3.13. The second-order valence-electron chi connectivity index (χ2n) is 12.3. The minimum Gasteiger partial charge on any atom is -0.506 e. The lowest BCUT2D eigenvalue weighted by Gasteiger charge is -2.37. The quantitative estimate of drug-likeness (QED) is 0.215. The number of hydrogen-bond acceptors (Lipinski definition) is 6. The number of nitrogens with one attached hydrogen (secondary N) is 1. The molecular weight excluding hydrogens is 617 g/mol. The Morgan fingerprint density at radius 3 is 2.46 bits per heavy atom. The van der Waals surface area contributed by atoms with Gasteiger partial charge in [0.1, 0.15) is 47.3 Å². The van der Waals surface area contributed by atoms with Crippen LogP contribution >= 0.6 is 0 Å². The Balaban J connectivity index is 1.53. The van der Waals surface area contributed by atoms with Crippen molar-refractivity contribution in [3.63, 3.8) is 0 Å². The predicted octanol–water partition coefficient (Wildman–Crippen LogP) is 7.19. The van der Waals surface area contributed by atoms with E-state index in [1.165, 1.54) is 30.3 Å². The van der Waals surface area contributed by atoms with Gasteiger partial charge in [-0.1, -0.05) is 56.3 Å². The Hall–Kier alpha value is -4.77. The van der Waals surface area contributed by atoms with E-state index in [1.807, 2.05) is 30.3 Å². The molecule has 4 aromatic carbocycles. The lowest BCUT2D eigenvalue weighted by atomic mass is 9.88. The van der Waals surface area contributed by atoms with Crippen molar-refractivity contribution >= 4 is 27.1 Å². The van der Waals surface area contributed by atoms with Crippen LogP contribution in [0.25, 0.3) is 0 Å². The summed E-state index contributed by atoms with van der Waals surface area (Å²) in [5, 5.41) is 14.0. The molecule has 1 unspecified atom stereocenters. The normalized spacial score (nSPS) is 18.2. The van der Waals surface area contributed by atoms with E-state index >= 15 is 4.39 Å². The Morgan fingerprint density at radius 1 is 0.978 bits per heavy atom. The first-order chi connectivity index (χ1) is 21.8. The summed E-state index contributed by atoms with van der Waals surface area (Å²) >= 11 is 0. The van der Waals surface area contributed by atoms with Crippen LogP contribution in [0.4, 0.5) is 24.5 Å². The fourth-order valence-corrected chi connectivity index (χ4v) is 8.49. The summed E-state index contributed by atoms with van der Waals surface area (Å²) in [4.78, 5) is 15.1. The summed E-state index contributed by atoms with van der Waals surface area (Å²) in [7, 11) is -4.15. The van der Waals surface area contributed by atoms with Crippen LogP contribution in [0.2, 0.25) is 0 Å². The standard InChI is InChI=1S/C35H31F3N2O5S/c1-35(2)18-28-34(46(43,44)20-35)33(25-14-13-24(17-27(25)38)45-19-21-7-4-3-5-8-21)40(29-9-6-10-30(41)32(29)39-28)31(42)15-22-11-12-23(36)16-26(22)37/h3-14,16-17,33,39,41H,15,18-20H2,1-2H3. The Bertz CT molecular complexity index is 1980. The van der Waals surface area contributed by atoms with Gasteiger partial charge >= 0.3 is 0 Å². The number of fused-ring (bicyclic) bond motifs is 1. The summed E-state index contributed by atoms with van der Waals surface area (Å²) in [6, 6.07) is 18.8. The van der Waals surface area contributed by atoms with Gasteiger partial charge in [-0.05, 0) is 53.3 Å². The van der Waals surface area contributed by atoms with E-state index < -0.39 is 51.1 Å². The number of carbonyl (C=O) groups is 1. The molecule has 2 aliphatic heterocycles. The Kier molecular flexibility index (Phi) is 8.05. The van der Waals surface area contributed by atoms with Crippen LogP contribution in [0.3, 0.4) is 0 Å². The number of carbonyl (C=O) groups excluding carboxylic acids is 1. The van der Waals surface area contributed by atoms with E-state index in [-0.39, 0.29) is 63.4 Å². The lowest BCUT2D eigenvalue weighted by Crippen LogP contribution is -2.42. The fourth-order valence-electron chi connectivity index (χ4n) is 6.13. The van der Waals surface area contributed by atoms with Crippen molar-refractivity contribution in [2.24, 2.45) is 5.41 Å². The molecule has 0 aliphatic carbocycles. The maximum absolute atomic E-state index is 16.3. The second kappa shape index (κ2) is 11.9. The van der Waals surface area contributed by atoms with Crippen LogP contribution in [0.1, 0.15) is 43.0 Å². The zero-order valence-electron chi connectivity index (χ0n) is 25.1. The fraction of sp³-hybridized carbons (Fsp3) is 0.229. The summed E-state index contributed by atoms with van der Waals surface area (Å²) in [5.41, 5.74) is 0.143. The van der Waals surface area contributed by atoms with Crippen LogP contribution in [-0.4, -0.2) is 25.2 Å². The molecule has 0 aromatic heterocycles. The molecule has 46 heavy (non-hydrogen) atoms. The third kappa shape index (κ3) is 6.06. The summed E-state index contributed by atoms with van der Waals surface area (Å²) in [6.07, 6.45) is -0.397. The molecular formula is C35H31F3N2O5S. The number of phenols is 1. The molecule has 0 bridgehead atoms. The van der Waals surface area contributed by atoms with Gasteiger partial charge in [-0.15, -0.1) is 0 Å². The largest absolute Gasteiger partial charge is 0.506 e. The van der Waals surface area contributed by atoms with E-state index in [0.29, 0.717) is 6.07 Å². The zero-order chi connectivity index (χ0) is 32.8. The minimum absolute atomic E-state index is 0.0431. The molecule has 0 saturated heterocycles. The third-order valence-electron chi connectivity index (χ3n) is 8.07. The number of ether oxygens (including phenoxy) is 1. The molecule has 6 rings (SSSR count). The molecule has 2 aliphatic rings. The van der Waals surface area contributed by atoms with E-state index in [9.17, 15) is 27.1 Å². The molecule has 1 amide bonds. The number of anilines is 2. The minimum atomic E-state index is -4.15.